The summed E-state index contributed by atoms with van der Waals surface area (Å²) in [6, 6.07) is 0. The molecule has 0 aliphatic carbocycles. The van der Waals surface area contributed by atoms with E-state index in [9.17, 15) is 0 Å². The molecular weight excluding hydrogens is 224 g/mol. The molecule has 2 nitrogen and oxygen atoms in total. The minimum atomic E-state index is 0.383. The molecule has 2 saturated heterocycles. The number of rotatable bonds is 0. The van der Waals surface area contributed by atoms with Gasteiger partial charge in [-0.3, -0.25) is 0 Å². The van der Waals surface area contributed by atoms with E-state index in [1.807, 2.05) is 0 Å². The van der Waals surface area contributed by atoms with Crippen LogP contribution in [0, 0.1) is 13.8 Å². The van der Waals surface area contributed by atoms with E-state index < -0.39 is 0 Å². The highest BCUT2D eigenvalue weighted by molar-refractivity contribution is 5.58. The second-order valence-corrected chi connectivity index (χ2v) is 6.29. The van der Waals surface area contributed by atoms with Crippen LogP contribution >= 0.6 is 0 Å². The van der Waals surface area contributed by atoms with Crippen LogP contribution in [-0.2, 0) is 9.47 Å². The lowest BCUT2D eigenvalue weighted by atomic mass is 9.76. The van der Waals surface area contributed by atoms with Gasteiger partial charge in [0.15, 0.2) is 0 Å². The minimum absolute atomic E-state index is 0.383. The molecule has 4 aliphatic rings. The van der Waals surface area contributed by atoms with Gasteiger partial charge in [0.05, 0.1) is 24.4 Å². The Morgan fingerprint density at radius 3 is 1.17 bits per heavy atom. The van der Waals surface area contributed by atoms with Gasteiger partial charge >= 0.3 is 0 Å². The molecule has 0 radical (unpaired) electrons. The third kappa shape index (κ3) is 0.927. The number of benzene rings is 1. The molecule has 2 heteroatoms. The quantitative estimate of drug-likeness (QED) is 0.681. The molecular formula is C16H18O2. The standard InChI is InChI=1S/C16H18O2/c1-7-13-9-3-5-11(17-9)15(13)8(2)16-12-6-4-10(18-12)14(7)16/h9-12H,3-6H2,1-2H3. The van der Waals surface area contributed by atoms with E-state index in [0.717, 1.165) is 0 Å². The molecule has 1 aromatic rings. The van der Waals surface area contributed by atoms with E-state index in [4.69, 9.17) is 9.47 Å². The Bertz CT molecular complexity index is 479. The fraction of sp³-hybridized carbons (Fsp3) is 0.625. The summed E-state index contributed by atoms with van der Waals surface area (Å²) in [6.45, 7) is 4.59. The Morgan fingerprint density at radius 1 is 0.611 bits per heavy atom. The molecule has 0 saturated carbocycles. The van der Waals surface area contributed by atoms with Gasteiger partial charge in [0.1, 0.15) is 0 Å². The van der Waals surface area contributed by atoms with Gasteiger partial charge in [-0.2, -0.15) is 0 Å². The van der Waals surface area contributed by atoms with Crippen molar-refractivity contribution in [1.82, 2.24) is 0 Å². The van der Waals surface area contributed by atoms with Gasteiger partial charge in [0, 0.05) is 0 Å². The van der Waals surface area contributed by atoms with E-state index in [2.05, 4.69) is 13.8 Å². The Kier molecular flexibility index (Phi) is 1.66. The molecule has 4 atom stereocenters. The fourth-order valence-electron chi connectivity index (χ4n) is 4.88. The molecule has 1 aromatic carbocycles. The summed E-state index contributed by atoms with van der Waals surface area (Å²) in [4.78, 5) is 0. The van der Waals surface area contributed by atoms with Crippen LogP contribution < -0.4 is 0 Å². The third-order valence-electron chi connectivity index (χ3n) is 5.52. The highest BCUT2D eigenvalue weighted by atomic mass is 16.5. The average molecular weight is 242 g/mol. The first kappa shape index (κ1) is 9.99. The van der Waals surface area contributed by atoms with E-state index >= 15 is 0 Å². The normalized spacial score (nSPS) is 38.3. The molecule has 5 rings (SSSR count). The largest absolute Gasteiger partial charge is 0.366 e. The van der Waals surface area contributed by atoms with Crippen LogP contribution in [0.15, 0.2) is 0 Å². The maximum atomic E-state index is 6.13. The first-order valence-corrected chi connectivity index (χ1v) is 7.23. The van der Waals surface area contributed by atoms with Crippen molar-refractivity contribution in [2.24, 2.45) is 0 Å². The topological polar surface area (TPSA) is 18.5 Å². The average Bonchev–Trinajstić information content (AvgIpc) is 3.10. The van der Waals surface area contributed by atoms with Crippen LogP contribution in [0.3, 0.4) is 0 Å². The van der Waals surface area contributed by atoms with Gasteiger partial charge < -0.3 is 9.47 Å². The zero-order chi connectivity index (χ0) is 12.0. The summed E-state index contributed by atoms with van der Waals surface area (Å²) in [5, 5.41) is 0. The van der Waals surface area contributed by atoms with Crippen molar-refractivity contribution in [3.05, 3.63) is 33.4 Å². The molecule has 2 fully saturated rings. The number of ether oxygens (including phenoxy) is 2. The van der Waals surface area contributed by atoms with Crippen molar-refractivity contribution < 1.29 is 9.47 Å². The first-order valence-electron chi connectivity index (χ1n) is 7.23. The zero-order valence-corrected chi connectivity index (χ0v) is 11.0. The van der Waals surface area contributed by atoms with Crippen LogP contribution in [-0.4, -0.2) is 0 Å². The summed E-state index contributed by atoms with van der Waals surface area (Å²) in [6.07, 6.45) is 6.39. The molecule has 4 aliphatic heterocycles. The fourth-order valence-corrected chi connectivity index (χ4v) is 4.88. The van der Waals surface area contributed by atoms with E-state index in [-0.39, 0.29) is 0 Å². The second-order valence-electron chi connectivity index (χ2n) is 6.29. The van der Waals surface area contributed by atoms with E-state index in [0.29, 0.717) is 24.4 Å². The van der Waals surface area contributed by atoms with Crippen LogP contribution in [0.4, 0.5) is 0 Å². The lowest BCUT2D eigenvalue weighted by Gasteiger charge is -2.24. The predicted molar refractivity (Wildman–Crippen MR) is 67.5 cm³/mol. The molecule has 4 heterocycles. The van der Waals surface area contributed by atoms with Gasteiger partial charge in [0.2, 0.25) is 0 Å². The van der Waals surface area contributed by atoms with Crippen molar-refractivity contribution in [3.8, 4) is 0 Å². The van der Waals surface area contributed by atoms with Crippen LogP contribution in [0.5, 0.6) is 0 Å². The van der Waals surface area contributed by atoms with Crippen LogP contribution in [0.25, 0.3) is 0 Å². The Morgan fingerprint density at radius 2 is 0.889 bits per heavy atom. The predicted octanol–water partition coefficient (Wildman–Crippen LogP) is 4.12. The molecule has 94 valence electrons. The van der Waals surface area contributed by atoms with Crippen molar-refractivity contribution in [3.63, 3.8) is 0 Å². The van der Waals surface area contributed by atoms with Crippen LogP contribution in [0.2, 0.25) is 0 Å². The molecule has 0 amide bonds. The highest BCUT2D eigenvalue weighted by Gasteiger charge is 2.47. The van der Waals surface area contributed by atoms with Crippen molar-refractivity contribution in [2.45, 2.75) is 63.9 Å². The molecule has 0 N–H and O–H groups in total. The number of hydrogen-bond acceptors (Lipinski definition) is 2. The van der Waals surface area contributed by atoms with Crippen LogP contribution in [0.1, 0.15) is 83.5 Å². The number of hydrogen-bond donors (Lipinski definition) is 0. The van der Waals surface area contributed by atoms with Crippen molar-refractivity contribution in [2.75, 3.05) is 0 Å². The van der Waals surface area contributed by atoms with Gasteiger partial charge in [-0.15, -0.1) is 0 Å². The van der Waals surface area contributed by atoms with Crippen molar-refractivity contribution >= 4 is 0 Å². The van der Waals surface area contributed by atoms with Gasteiger partial charge in [-0.05, 0) is 72.9 Å². The van der Waals surface area contributed by atoms with E-state index in [1.54, 1.807) is 0 Å². The molecule has 0 aromatic heterocycles. The number of fused-ring (bicyclic) bond motifs is 10. The summed E-state index contributed by atoms with van der Waals surface area (Å²) >= 11 is 0. The zero-order valence-electron chi connectivity index (χ0n) is 11.0. The molecule has 0 spiro atoms. The minimum Gasteiger partial charge on any atom is -0.366 e. The monoisotopic (exact) mass is 242 g/mol. The van der Waals surface area contributed by atoms with Crippen molar-refractivity contribution in [1.29, 1.82) is 0 Å². The van der Waals surface area contributed by atoms with Gasteiger partial charge in [-0.1, -0.05) is 0 Å². The molecule has 4 bridgehead atoms. The third-order valence-corrected chi connectivity index (χ3v) is 5.52. The molecule has 18 heavy (non-hydrogen) atoms. The highest BCUT2D eigenvalue weighted by Crippen LogP contribution is 2.60. The summed E-state index contributed by atoms with van der Waals surface area (Å²) in [5.41, 5.74) is 9.09. The van der Waals surface area contributed by atoms with Gasteiger partial charge in [-0.25, -0.2) is 0 Å². The lowest BCUT2D eigenvalue weighted by molar-refractivity contribution is 0.0671. The maximum absolute atomic E-state index is 6.13. The SMILES string of the molecule is Cc1c2c(c(C)c3c1C1CCC3O1)C1CCC2O1. The Balaban J connectivity index is 1.87. The smallest absolute Gasteiger partial charge is 0.0840 e. The summed E-state index contributed by atoms with van der Waals surface area (Å²) < 4.78 is 12.3. The summed E-state index contributed by atoms with van der Waals surface area (Å²) in [7, 11) is 0. The molecule has 4 unspecified atom stereocenters. The Hall–Kier alpha value is -0.860. The lowest BCUT2D eigenvalue weighted by Crippen LogP contribution is -2.11. The second kappa shape index (κ2) is 3.00. The first-order chi connectivity index (χ1) is 8.75. The maximum Gasteiger partial charge on any atom is 0.0840 e. The van der Waals surface area contributed by atoms with E-state index in [1.165, 1.54) is 59.1 Å². The van der Waals surface area contributed by atoms with Gasteiger partial charge in [0.25, 0.3) is 0 Å². The Labute approximate surface area is 107 Å². The summed E-state index contributed by atoms with van der Waals surface area (Å²) in [5.74, 6) is 0.